The topological polar surface area (TPSA) is 49.9 Å². The van der Waals surface area contributed by atoms with E-state index < -0.39 is 0 Å². The third kappa shape index (κ3) is 7.22. The molecule has 1 saturated carbocycles. The van der Waals surface area contributed by atoms with Gasteiger partial charge in [-0.3, -0.25) is 9.59 Å². The number of hydrogen-bond acceptors (Lipinski definition) is 3. The molecule has 1 fully saturated rings. The average molecular weight is 457 g/mol. The first-order valence-electron chi connectivity index (χ1n) is 13.1. The van der Waals surface area contributed by atoms with Crippen LogP contribution in [0.3, 0.4) is 0 Å². The summed E-state index contributed by atoms with van der Waals surface area (Å²) < 4.78 is 6.61. The molecule has 5 heteroatoms. The van der Waals surface area contributed by atoms with Gasteiger partial charge in [-0.05, 0) is 56.1 Å². The second kappa shape index (κ2) is 11.9. The molecule has 0 spiro atoms. The quantitative estimate of drug-likeness (QED) is 0.555. The van der Waals surface area contributed by atoms with Crippen molar-refractivity contribution < 1.29 is 14.3 Å². The summed E-state index contributed by atoms with van der Waals surface area (Å²) in [7, 11) is 0. The SMILES string of the molecule is CCCN1CCCCCCN(C(=O)CC(C)(C)C)[C@@H]2CCCC[C@@H]2Oc2ccccc2C1=O. The third-order valence-corrected chi connectivity index (χ3v) is 6.82. The van der Waals surface area contributed by atoms with Crippen LogP contribution in [-0.4, -0.2) is 53.4 Å². The van der Waals surface area contributed by atoms with E-state index in [9.17, 15) is 9.59 Å². The summed E-state index contributed by atoms with van der Waals surface area (Å²) in [6.07, 6.45) is 9.72. The number of para-hydroxylation sites is 1. The summed E-state index contributed by atoms with van der Waals surface area (Å²) in [4.78, 5) is 31.0. The van der Waals surface area contributed by atoms with Crippen molar-refractivity contribution in [1.82, 2.24) is 9.80 Å². The van der Waals surface area contributed by atoms with Crippen LogP contribution in [0.15, 0.2) is 24.3 Å². The molecular weight excluding hydrogens is 412 g/mol. The molecule has 0 saturated heterocycles. The Labute approximate surface area is 200 Å². The maximum absolute atomic E-state index is 13.5. The average Bonchev–Trinajstić information content (AvgIpc) is 2.77. The lowest BCUT2D eigenvalue weighted by Gasteiger charge is -2.41. The molecule has 5 nitrogen and oxygen atoms in total. The molecule has 184 valence electrons. The van der Waals surface area contributed by atoms with Gasteiger partial charge in [-0.15, -0.1) is 0 Å². The number of hydrogen-bond donors (Lipinski definition) is 0. The standard InChI is InChI=1S/C28H44N2O3/c1-5-18-29-19-12-6-7-13-20-30(26(31)21-28(2,3)4)23-15-9-11-17-25(23)33-24-16-10-8-14-22(24)27(29)32/h8,10,14,16,23,25H,5-7,9,11-13,15,17-21H2,1-4H3/t23-,25+/m1/s1. The minimum atomic E-state index is -0.0702. The Bertz CT molecular complexity index is 786. The number of fused-ring (bicyclic) bond motifs is 2. The Morgan fingerprint density at radius 2 is 1.70 bits per heavy atom. The number of carbonyl (C=O) groups excluding carboxylic acids is 2. The van der Waals surface area contributed by atoms with Crippen LogP contribution in [0.25, 0.3) is 0 Å². The maximum Gasteiger partial charge on any atom is 0.257 e. The minimum absolute atomic E-state index is 0.0387. The van der Waals surface area contributed by atoms with Crippen LogP contribution < -0.4 is 4.74 Å². The zero-order valence-corrected chi connectivity index (χ0v) is 21.3. The molecule has 0 bridgehead atoms. The van der Waals surface area contributed by atoms with Gasteiger partial charge in [-0.25, -0.2) is 0 Å². The van der Waals surface area contributed by atoms with Gasteiger partial charge in [-0.1, -0.05) is 59.1 Å². The molecular formula is C28H44N2O3. The van der Waals surface area contributed by atoms with Gasteiger partial charge < -0.3 is 14.5 Å². The summed E-state index contributed by atoms with van der Waals surface area (Å²) in [5.74, 6) is 0.979. The van der Waals surface area contributed by atoms with Gasteiger partial charge in [0.05, 0.1) is 11.6 Å². The van der Waals surface area contributed by atoms with E-state index in [4.69, 9.17) is 4.74 Å². The summed E-state index contributed by atoms with van der Waals surface area (Å²) in [6.45, 7) is 10.9. The van der Waals surface area contributed by atoms with Gasteiger partial charge in [0.1, 0.15) is 11.9 Å². The lowest BCUT2D eigenvalue weighted by Crippen LogP contribution is -2.51. The predicted octanol–water partition coefficient (Wildman–Crippen LogP) is 6.07. The maximum atomic E-state index is 13.5. The Hall–Kier alpha value is -2.04. The van der Waals surface area contributed by atoms with Crippen molar-refractivity contribution in [3.8, 4) is 5.75 Å². The number of ether oxygens (including phenoxy) is 1. The monoisotopic (exact) mass is 456 g/mol. The van der Waals surface area contributed by atoms with E-state index in [-0.39, 0.29) is 29.4 Å². The van der Waals surface area contributed by atoms with Gasteiger partial charge in [0.25, 0.3) is 5.91 Å². The smallest absolute Gasteiger partial charge is 0.257 e. The van der Waals surface area contributed by atoms with Crippen LogP contribution in [-0.2, 0) is 4.79 Å². The van der Waals surface area contributed by atoms with Crippen molar-refractivity contribution in [2.45, 2.75) is 104 Å². The normalized spacial score (nSPS) is 23.2. The Balaban J connectivity index is 1.93. The highest BCUT2D eigenvalue weighted by Gasteiger charge is 2.36. The number of nitrogens with zero attached hydrogens (tertiary/aromatic N) is 2. The van der Waals surface area contributed by atoms with Crippen molar-refractivity contribution >= 4 is 11.8 Å². The highest BCUT2D eigenvalue weighted by atomic mass is 16.5. The molecule has 1 heterocycles. The van der Waals surface area contributed by atoms with Crippen LogP contribution >= 0.6 is 0 Å². The van der Waals surface area contributed by atoms with Crippen molar-refractivity contribution in [3.05, 3.63) is 29.8 Å². The van der Waals surface area contributed by atoms with E-state index in [0.717, 1.165) is 77.4 Å². The lowest BCUT2D eigenvalue weighted by molar-refractivity contribution is -0.138. The molecule has 0 radical (unpaired) electrons. The fraction of sp³-hybridized carbons (Fsp3) is 0.714. The van der Waals surface area contributed by atoms with Crippen LogP contribution in [0.4, 0.5) is 0 Å². The van der Waals surface area contributed by atoms with E-state index in [1.807, 2.05) is 29.2 Å². The number of rotatable bonds is 3. The zero-order chi connectivity index (χ0) is 23.8. The van der Waals surface area contributed by atoms with Crippen molar-refractivity contribution in [1.29, 1.82) is 0 Å². The number of carbonyl (C=O) groups is 2. The zero-order valence-electron chi connectivity index (χ0n) is 21.3. The second-order valence-corrected chi connectivity index (χ2v) is 11.0. The van der Waals surface area contributed by atoms with Crippen molar-refractivity contribution in [3.63, 3.8) is 0 Å². The van der Waals surface area contributed by atoms with Gasteiger partial charge >= 0.3 is 0 Å². The van der Waals surface area contributed by atoms with E-state index in [1.54, 1.807) is 0 Å². The van der Waals surface area contributed by atoms with Crippen molar-refractivity contribution in [2.24, 2.45) is 5.41 Å². The highest BCUT2D eigenvalue weighted by molar-refractivity contribution is 5.97. The molecule has 0 unspecified atom stereocenters. The summed E-state index contributed by atoms with van der Waals surface area (Å²) in [5.41, 5.74) is 0.614. The molecule has 0 aromatic heterocycles. The third-order valence-electron chi connectivity index (χ3n) is 6.82. The van der Waals surface area contributed by atoms with Gasteiger partial charge in [0, 0.05) is 26.1 Å². The summed E-state index contributed by atoms with van der Waals surface area (Å²) in [5, 5.41) is 0. The van der Waals surface area contributed by atoms with E-state index in [0.29, 0.717) is 17.7 Å². The second-order valence-electron chi connectivity index (χ2n) is 11.0. The number of amides is 2. The largest absolute Gasteiger partial charge is 0.487 e. The van der Waals surface area contributed by atoms with Crippen LogP contribution in [0.1, 0.15) is 102 Å². The first-order chi connectivity index (χ1) is 15.8. The molecule has 1 aliphatic carbocycles. The molecule has 1 aromatic carbocycles. The van der Waals surface area contributed by atoms with E-state index >= 15 is 0 Å². The first-order valence-corrected chi connectivity index (χ1v) is 13.1. The predicted molar refractivity (Wildman–Crippen MR) is 134 cm³/mol. The molecule has 33 heavy (non-hydrogen) atoms. The molecule has 2 aliphatic rings. The fourth-order valence-corrected chi connectivity index (χ4v) is 5.20. The number of benzene rings is 1. The fourth-order valence-electron chi connectivity index (χ4n) is 5.20. The Morgan fingerprint density at radius 1 is 1.00 bits per heavy atom. The molecule has 2 amide bonds. The summed E-state index contributed by atoms with van der Waals surface area (Å²) >= 11 is 0. The van der Waals surface area contributed by atoms with Gasteiger partial charge in [0.2, 0.25) is 5.91 Å². The molecule has 2 atom stereocenters. The Morgan fingerprint density at radius 3 is 2.42 bits per heavy atom. The van der Waals surface area contributed by atoms with E-state index in [2.05, 4.69) is 32.6 Å². The van der Waals surface area contributed by atoms with Crippen LogP contribution in [0.2, 0.25) is 0 Å². The van der Waals surface area contributed by atoms with Gasteiger partial charge in [-0.2, -0.15) is 0 Å². The van der Waals surface area contributed by atoms with Gasteiger partial charge in [0.15, 0.2) is 0 Å². The molecule has 1 aliphatic heterocycles. The molecule has 0 N–H and O–H groups in total. The molecule has 3 rings (SSSR count). The first kappa shape index (κ1) is 25.6. The molecule has 1 aromatic rings. The van der Waals surface area contributed by atoms with Crippen molar-refractivity contribution in [2.75, 3.05) is 19.6 Å². The van der Waals surface area contributed by atoms with Crippen LogP contribution in [0, 0.1) is 5.41 Å². The Kier molecular flexibility index (Phi) is 9.22. The minimum Gasteiger partial charge on any atom is -0.487 e. The van der Waals surface area contributed by atoms with E-state index in [1.165, 1.54) is 0 Å². The lowest BCUT2D eigenvalue weighted by atomic mass is 9.88. The highest BCUT2D eigenvalue weighted by Crippen LogP contribution is 2.32. The van der Waals surface area contributed by atoms with Crippen LogP contribution in [0.5, 0.6) is 5.75 Å². The summed E-state index contributed by atoms with van der Waals surface area (Å²) in [6, 6.07) is 7.76.